The van der Waals surface area contributed by atoms with E-state index in [4.69, 9.17) is 0 Å². The predicted octanol–water partition coefficient (Wildman–Crippen LogP) is 2.70. The van der Waals surface area contributed by atoms with Crippen LogP contribution in [0.1, 0.15) is 37.8 Å². The number of amides is 2. The molecule has 7 heteroatoms. The second-order valence-corrected chi connectivity index (χ2v) is 6.08. The molecular weight excluding hydrogens is 330 g/mol. The van der Waals surface area contributed by atoms with E-state index in [1.54, 1.807) is 12.5 Å². The molecule has 140 valence electrons. The fourth-order valence-electron chi connectivity index (χ4n) is 2.62. The van der Waals surface area contributed by atoms with E-state index < -0.39 is 0 Å². The fourth-order valence-corrected chi connectivity index (χ4v) is 2.62. The molecule has 2 rings (SSSR count). The molecule has 2 aromatic rings. The summed E-state index contributed by atoms with van der Waals surface area (Å²) in [7, 11) is 1.82. The number of anilines is 2. The van der Waals surface area contributed by atoms with Gasteiger partial charge >= 0.3 is 0 Å². The zero-order chi connectivity index (χ0) is 18.6. The van der Waals surface area contributed by atoms with E-state index in [1.807, 2.05) is 31.3 Å². The first-order valence-corrected chi connectivity index (χ1v) is 8.99. The Morgan fingerprint density at radius 3 is 2.46 bits per heavy atom. The number of H-pyrrole nitrogens is 1. The Bertz CT molecular complexity index is 685. The average molecular weight is 357 g/mol. The maximum atomic E-state index is 12.0. The van der Waals surface area contributed by atoms with Crippen LogP contribution in [0, 0.1) is 0 Å². The van der Waals surface area contributed by atoms with Gasteiger partial charge in [0.15, 0.2) is 0 Å². The Balaban J connectivity index is 1.52. The highest BCUT2D eigenvalue weighted by atomic mass is 16.2. The van der Waals surface area contributed by atoms with Crippen LogP contribution in [0.3, 0.4) is 0 Å². The third-order valence-electron chi connectivity index (χ3n) is 4.05. The van der Waals surface area contributed by atoms with Crippen LogP contribution in [0.5, 0.6) is 0 Å². The maximum absolute atomic E-state index is 12.0. The quantitative estimate of drug-likeness (QED) is 0.465. The van der Waals surface area contributed by atoms with Crippen LogP contribution in [0.4, 0.5) is 11.4 Å². The van der Waals surface area contributed by atoms with E-state index >= 15 is 0 Å². The van der Waals surface area contributed by atoms with Gasteiger partial charge in [0.2, 0.25) is 11.8 Å². The zero-order valence-electron chi connectivity index (χ0n) is 15.2. The van der Waals surface area contributed by atoms with Crippen molar-refractivity contribution in [1.82, 2.24) is 15.3 Å². The highest BCUT2D eigenvalue weighted by Crippen LogP contribution is 2.20. The van der Waals surface area contributed by atoms with E-state index in [0.29, 0.717) is 19.4 Å². The molecule has 0 aliphatic carbocycles. The van der Waals surface area contributed by atoms with Crippen molar-refractivity contribution in [2.45, 2.75) is 38.5 Å². The number of aromatic amines is 1. The van der Waals surface area contributed by atoms with Gasteiger partial charge in [-0.1, -0.05) is 18.6 Å². The number of imidazole rings is 1. The zero-order valence-corrected chi connectivity index (χ0v) is 15.2. The third kappa shape index (κ3) is 6.96. The van der Waals surface area contributed by atoms with Gasteiger partial charge in [0.1, 0.15) is 0 Å². The monoisotopic (exact) mass is 357 g/mol. The van der Waals surface area contributed by atoms with Gasteiger partial charge in [-0.3, -0.25) is 9.59 Å². The maximum Gasteiger partial charge on any atom is 0.224 e. The predicted molar refractivity (Wildman–Crippen MR) is 103 cm³/mol. The molecule has 0 bridgehead atoms. The summed E-state index contributed by atoms with van der Waals surface area (Å²) in [6.07, 6.45) is 7.50. The average Bonchev–Trinajstić information content (AvgIpc) is 3.15. The summed E-state index contributed by atoms with van der Waals surface area (Å²) >= 11 is 0. The van der Waals surface area contributed by atoms with Gasteiger partial charge in [-0.2, -0.15) is 0 Å². The van der Waals surface area contributed by atoms with Gasteiger partial charge in [0.25, 0.3) is 0 Å². The van der Waals surface area contributed by atoms with Crippen LogP contribution in [0.15, 0.2) is 36.8 Å². The van der Waals surface area contributed by atoms with Gasteiger partial charge < -0.3 is 20.9 Å². The molecular formula is C19H27N5O2. The van der Waals surface area contributed by atoms with E-state index in [1.165, 1.54) is 0 Å². The smallest absolute Gasteiger partial charge is 0.224 e. The first kappa shape index (κ1) is 19.5. The Morgan fingerprint density at radius 1 is 1.04 bits per heavy atom. The lowest BCUT2D eigenvalue weighted by atomic mass is 10.1. The Kier molecular flexibility index (Phi) is 8.18. The number of nitrogens with zero attached hydrogens (tertiary/aromatic N) is 1. The summed E-state index contributed by atoms with van der Waals surface area (Å²) in [5.41, 5.74) is 2.69. The van der Waals surface area contributed by atoms with Crippen molar-refractivity contribution in [2.75, 3.05) is 24.2 Å². The summed E-state index contributed by atoms with van der Waals surface area (Å²) in [5, 5.41) is 8.86. The van der Waals surface area contributed by atoms with Crippen molar-refractivity contribution < 1.29 is 9.59 Å². The Labute approximate surface area is 154 Å². The van der Waals surface area contributed by atoms with Crippen molar-refractivity contribution in [3.05, 3.63) is 42.5 Å². The number of carbonyl (C=O) groups is 2. The lowest BCUT2D eigenvalue weighted by molar-refractivity contribution is -0.121. The molecule has 2 amide bonds. The van der Waals surface area contributed by atoms with Gasteiger partial charge in [-0.25, -0.2) is 4.98 Å². The highest BCUT2D eigenvalue weighted by molar-refractivity contribution is 5.94. The molecule has 0 saturated heterocycles. The van der Waals surface area contributed by atoms with Crippen LogP contribution in [-0.4, -0.2) is 35.4 Å². The molecule has 0 atom stereocenters. The largest absolute Gasteiger partial charge is 0.386 e. The van der Waals surface area contributed by atoms with Crippen LogP contribution in [0.2, 0.25) is 0 Å². The number of carbonyl (C=O) groups excluding carboxylic acids is 2. The number of para-hydroxylation sites is 2. The van der Waals surface area contributed by atoms with E-state index in [0.717, 1.165) is 42.8 Å². The number of unbranched alkanes of at least 4 members (excludes halogenated alkanes) is 2. The van der Waals surface area contributed by atoms with Crippen molar-refractivity contribution in [1.29, 1.82) is 0 Å². The minimum atomic E-state index is -0.00305. The lowest BCUT2D eigenvalue weighted by Gasteiger charge is -2.10. The SMILES string of the molecule is CNc1ccccc1NC(=O)CCCCCC(=O)NCCc1cnc[nH]1. The number of aromatic nitrogens is 2. The molecule has 0 spiro atoms. The normalized spacial score (nSPS) is 10.3. The third-order valence-corrected chi connectivity index (χ3v) is 4.05. The number of rotatable bonds is 11. The number of hydrogen-bond donors (Lipinski definition) is 4. The molecule has 0 unspecified atom stereocenters. The Hall–Kier alpha value is -2.83. The van der Waals surface area contributed by atoms with Crippen LogP contribution < -0.4 is 16.0 Å². The van der Waals surface area contributed by atoms with Crippen molar-refractivity contribution in [2.24, 2.45) is 0 Å². The summed E-state index contributed by atoms with van der Waals surface area (Å²) in [6, 6.07) is 7.60. The Morgan fingerprint density at radius 2 is 1.77 bits per heavy atom. The minimum absolute atomic E-state index is 0.00305. The van der Waals surface area contributed by atoms with E-state index in [-0.39, 0.29) is 11.8 Å². The summed E-state index contributed by atoms with van der Waals surface area (Å²) < 4.78 is 0. The first-order valence-electron chi connectivity index (χ1n) is 8.99. The van der Waals surface area contributed by atoms with Gasteiger partial charge in [0.05, 0.1) is 17.7 Å². The van der Waals surface area contributed by atoms with Gasteiger partial charge in [0, 0.05) is 44.7 Å². The molecule has 7 nitrogen and oxygen atoms in total. The molecule has 0 aliphatic heterocycles. The van der Waals surface area contributed by atoms with Gasteiger partial charge in [-0.05, 0) is 25.0 Å². The van der Waals surface area contributed by atoms with Crippen LogP contribution in [-0.2, 0) is 16.0 Å². The summed E-state index contributed by atoms with van der Waals surface area (Å²) in [5.74, 6) is 0.0497. The van der Waals surface area contributed by atoms with Crippen molar-refractivity contribution >= 4 is 23.2 Å². The topological polar surface area (TPSA) is 98.9 Å². The van der Waals surface area contributed by atoms with Crippen LogP contribution >= 0.6 is 0 Å². The molecule has 4 N–H and O–H groups in total. The number of nitrogens with one attached hydrogen (secondary N) is 4. The van der Waals surface area contributed by atoms with Gasteiger partial charge in [-0.15, -0.1) is 0 Å². The van der Waals surface area contributed by atoms with E-state index in [2.05, 4.69) is 25.9 Å². The molecule has 0 radical (unpaired) electrons. The molecule has 1 aromatic heterocycles. The standard InChI is InChI=1S/C19H27N5O2/c1-20-16-7-5-6-8-17(16)24-19(26)10-4-2-3-9-18(25)22-12-11-15-13-21-14-23-15/h5-8,13-14,20H,2-4,9-12H2,1H3,(H,21,23)(H,22,25)(H,24,26). The minimum Gasteiger partial charge on any atom is -0.386 e. The van der Waals surface area contributed by atoms with E-state index in [9.17, 15) is 9.59 Å². The second kappa shape index (κ2) is 10.9. The lowest BCUT2D eigenvalue weighted by Crippen LogP contribution is -2.25. The fraction of sp³-hybridized carbons (Fsp3) is 0.421. The molecule has 0 saturated carbocycles. The molecule has 0 fully saturated rings. The highest BCUT2D eigenvalue weighted by Gasteiger charge is 2.06. The summed E-state index contributed by atoms with van der Waals surface area (Å²) in [6.45, 7) is 0.605. The molecule has 1 aromatic carbocycles. The number of benzene rings is 1. The number of hydrogen-bond acceptors (Lipinski definition) is 4. The van der Waals surface area contributed by atoms with Crippen molar-refractivity contribution in [3.8, 4) is 0 Å². The van der Waals surface area contributed by atoms with Crippen LogP contribution in [0.25, 0.3) is 0 Å². The second-order valence-electron chi connectivity index (χ2n) is 6.08. The first-order chi connectivity index (χ1) is 12.7. The van der Waals surface area contributed by atoms with Crippen molar-refractivity contribution in [3.63, 3.8) is 0 Å². The molecule has 26 heavy (non-hydrogen) atoms. The summed E-state index contributed by atoms with van der Waals surface area (Å²) in [4.78, 5) is 30.7. The molecule has 0 aliphatic rings. The molecule has 1 heterocycles.